The van der Waals surface area contributed by atoms with Gasteiger partial charge < -0.3 is 0 Å². The van der Waals surface area contributed by atoms with Gasteiger partial charge in [0.25, 0.3) is 5.82 Å². The van der Waals surface area contributed by atoms with Gasteiger partial charge >= 0.3 is 6.18 Å². The van der Waals surface area contributed by atoms with Gasteiger partial charge in [-0.25, -0.2) is 4.57 Å². The Morgan fingerprint density at radius 2 is 1.45 bits per heavy atom. The summed E-state index contributed by atoms with van der Waals surface area (Å²) in [6, 6.07) is 22.3. The average molecular weight is 605 g/mol. The van der Waals surface area contributed by atoms with Crippen molar-refractivity contribution >= 4 is 11.0 Å². The number of imidazole rings is 1. The van der Waals surface area contributed by atoms with Gasteiger partial charge in [0, 0.05) is 20.7 Å². The Morgan fingerprint density at radius 1 is 0.841 bits per heavy atom. The smallest absolute Gasteiger partial charge is 0.225 e. The number of benzene rings is 4. The zero-order valence-electron chi connectivity index (χ0n) is 33.5. The number of halogens is 3. The van der Waals surface area contributed by atoms with Crippen LogP contribution in [0.3, 0.4) is 0 Å². The number of nitrogens with zero attached hydrogens (tertiary/aromatic N) is 2. The number of aromatic nitrogens is 2. The second-order valence-electron chi connectivity index (χ2n) is 12.4. The number of fused-ring (bicyclic) bond motifs is 1. The highest BCUT2D eigenvalue weighted by Gasteiger charge is 2.47. The highest BCUT2D eigenvalue weighted by molar-refractivity contribution is 5.83. The molecular weight excluding hydrogens is 553 g/mol. The quantitative estimate of drug-likeness (QED) is 0.163. The predicted molar refractivity (Wildman–Crippen MR) is 177 cm³/mol. The SMILES string of the molecule is [2H]C([2H])([2H])c1cc(C)c(-c2n(-c3c(C([2H])(C)C)cccc3C([2H])(C)C)c3ccccc3[n+]2C)cc1-c1ccc(C([2H])([2H])C(C)(C)C(F)(F)F)cc1. The van der Waals surface area contributed by atoms with Gasteiger partial charge in [0.15, 0.2) is 11.0 Å². The number of rotatable bonds is 7. The fourth-order valence-corrected chi connectivity index (χ4v) is 5.79. The van der Waals surface area contributed by atoms with Gasteiger partial charge in [-0.1, -0.05) is 102 Å². The first-order valence-electron chi connectivity index (χ1n) is 18.2. The summed E-state index contributed by atoms with van der Waals surface area (Å²) in [5.74, 6) is -1.44. The van der Waals surface area contributed by atoms with E-state index in [1.54, 1.807) is 39.8 Å². The lowest BCUT2D eigenvalue weighted by Gasteiger charge is -2.27. The minimum absolute atomic E-state index is 0.0427. The van der Waals surface area contributed by atoms with Gasteiger partial charge in [-0.2, -0.15) is 17.7 Å². The Morgan fingerprint density at radius 3 is 2.02 bits per heavy atom. The molecule has 0 amide bonds. The van der Waals surface area contributed by atoms with Crippen LogP contribution in [0.25, 0.3) is 39.2 Å². The molecule has 44 heavy (non-hydrogen) atoms. The van der Waals surface area contributed by atoms with E-state index in [1.807, 2.05) is 65.6 Å². The minimum Gasteiger partial charge on any atom is -0.225 e. The van der Waals surface area contributed by atoms with E-state index in [0.717, 1.165) is 24.9 Å². The first-order valence-corrected chi connectivity index (χ1v) is 14.7. The standard InChI is InChI=1S/C39H44F3N2/c1-24(2)30-13-12-14-31(25(3)4)36(30)44-35-16-11-10-15-34(35)43(9)37(44)33-22-32(26(5)21-27(33)6)29-19-17-28(18-20-29)23-38(7,8)39(40,41)42/h10-22,24-25H,23H2,1-9H3/q+1/i5D3,23D2,24D,25D. The largest absolute Gasteiger partial charge is 0.394 e. The highest BCUT2D eigenvalue weighted by atomic mass is 19.4. The van der Waals surface area contributed by atoms with Crippen molar-refractivity contribution in [2.75, 3.05) is 0 Å². The van der Waals surface area contributed by atoms with E-state index in [-0.39, 0.29) is 11.1 Å². The molecule has 0 bridgehead atoms. The Kier molecular flexibility index (Phi) is 6.18. The molecule has 0 spiro atoms. The van der Waals surface area contributed by atoms with E-state index in [1.165, 1.54) is 24.3 Å². The monoisotopic (exact) mass is 604 g/mol. The van der Waals surface area contributed by atoms with Crippen molar-refractivity contribution in [2.24, 2.45) is 12.5 Å². The first-order chi connectivity index (χ1) is 23.2. The van der Waals surface area contributed by atoms with E-state index in [2.05, 4.69) is 0 Å². The molecule has 0 radical (unpaired) electrons. The van der Waals surface area contributed by atoms with Gasteiger partial charge in [-0.15, -0.1) is 0 Å². The summed E-state index contributed by atoms with van der Waals surface area (Å²) in [5.41, 5.74) is 2.98. The van der Waals surface area contributed by atoms with Crippen LogP contribution in [0, 0.1) is 19.2 Å². The van der Waals surface area contributed by atoms with Crippen molar-refractivity contribution in [1.29, 1.82) is 0 Å². The molecule has 1 heterocycles. The van der Waals surface area contributed by atoms with Gasteiger partial charge in [0.2, 0.25) is 0 Å². The molecule has 5 rings (SSSR count). The van der Waals surface area contributed by atoms with Crippen molar-refractivity contribution < 1.29 is 27.3 Å². The van der Waals surface area contributed by atoms with Crippen molar-refractivity contribution in [1.82, 2.24) is 4.57 Å². The van der Waals surface area contributed by atoms with E-state index < -0.39 is 36.6 Å². The predicted octanol–water partition coefficient (Wildman–Crippen LogP) is 10.8. The summed E-state index contributed by atoms with van der Waals surface area (Å²) < 4.78 is 106. The molecular formula is C39H44F3N2+. The van der Waals surface area contributed by atoms with Crippen molar-refractivity contribution in [2.45, 2.75) is 79.7 Å². The van der Waals surface area contributed by atoms with Crippen LogP contribution >= 0.6 is 0 Å². The summed E-state index contributed by atoms with van der Waals surface area (Å²) in [6.45, 7) is 8.12. The summed E-state index contributed by atoms with van der Waals surface area (Å²) in [7, 11) is 1.91. The molecule has 1 aromatic heterocycles. The Bertz CT molecular complexity index is 2080. The molecule has 0 aliphatic heterocycles. The van der Waals surface area contributed by atoms with Crippen molar-refractivity contribution in [3.63, 3.8) is 0 Å². The molecule has 2 nitrogen and oxygen atoms in total. The third-order valence-electron chi connectivity index (χ3n) is 8.32. The zero-order chi connectivity index (χ0) is 38.3. The molecule has 0 fully saturated rings. The number of aryl methyl sites for hydroxylation is 3. The van der Waals surface area contributed by atoms with Gasteiger partial charge in [0.05, 0.1) is 18.0 Å². The third-order valence-corrected chi connectivity index (χ3v) is 8.32. The van der Waals surface area contributed by atoms with Crippen LogP contribution in [0.5, 0.6) is 0 Å². The Hall–Kier alpha value is -3.86. The van der Waals surface area contributed by atoms with Crippen LogP contribution < -0.4 is 4.57 Å². The number of hydrogen-bond donors (Lipinski definition) is 0. The van der Waals surface area contributed by atoms with E-state index in [4.69, 9.17) is 9.60 Å². The molecule has 0 unspecified atom stereocenters. The van der Waals surface area contributed by atoms with Crippen molar-refractivity contribution in [3.05, 3.63) is 107 Å². The molecule has 0 atom stereocenters. The van der Waals surface area contributed by atoms with E-state index >= 15 is 0 Å². The van der Waals surface area contributed by atoms with Gasteiger partial charge in [-0.3, -0.25) is 0 Å². The second kappa shape index (κ2) is 11.6. The van der Waals surface area contributed by atoms with E-state index in [9.17, 15) is 13.2 Å². The topological polar surface area (TPSA) is 8.81 Å². The maximum Gasteiger partial charge on any atom is 0.394 e. The lowest BCUT2D eigenvalue weighted by atomic mass is 9.84. The van der Waals surface area contributed by atoms with Crippen LogP contribution in [0.15, 0.2) is 78.9 Å². The van der Waals surface area contributed by atoms with Gasteiger partial charge in [-0.05, 0) is 78.0 Å². The van der Waals surface area contributed by atoms with Gasteiger partial charge in [0.1, 0.15) is 5.69 Å². The molecule has 0 N–H and O–H groups in total. The minimum atomic E-state index is -4.81. The first kappa shape index (κ1) is 23.5. The van der Waals surface area contributed by atoms with E-state index in [0.29, 0.717) is 44.9 Å². The summed E-state index contributed by atoms with van der Waals surface area (Å²) in [5, 5.41) is 0. The van der Waals surface area contributed by atoms with Crippen LogP contribution in [0.4, 0.5) is 13.2 Å². The van der Waals surface area contributed by atoms with Crippen molar-refractivity contribution in [3.8, 4) is 28.2 Å². The Balaban J connectivity index is 1.86. The summed E-state index contributed by atoms with van der Waals surface area (Å²) in [6.07, 6.45) is -7.58. The maximum absolute atomic E-state index is 13.9. The van der Waals surface area contributed by atoms with Crippen LogP contribution in [-0.2, 0) is 13.4 Å². The number of hydrogen-bond acceptors (Lipinski definition) is 0. The highest BCUT2D eigenvalue weighted by Crippen LogP contribution is 2.41. The molecule has 5 heteroatoms. The normalized spacial score (nSPS) is 16.0. The molecule has 0 aliphatic carbocycles. The van der Waals surface area contributed by atoms with Crippen LogP contribution in [-0.4, -0.2) is 10.7 Å². The Labute approximate surface area is 270 Å². The molecule has 5 aromatic rings. The number of alkyl halides is 3. The molecule has 0 saturated heterocycles. The lowest BCUT2D eigenvalue weighted by Crippen LogP contribution is -2.34. The lowest BCUT2D eigenvalue weighted by molar-refractivity contribution is -0.633. The second-order valence-corrected chi connectivity index (χ2v) is 12.4. The summed E-state index contributed by atoms with van der Waals surface area (Å²) in [4.78, 5) is 0. The fraction of sp³-hybridized carbons (Fsp3) is 0.359. The molecule has 230 valence electrons. The van der Waals surface area contributed by atoms with Crippen LogP contribution in [0.1, 0.15) is 90.7 Å². The number of para-hydroxylation sites is 3. The molecule has 4 aromatic carbocycles. The average Bonchev–Trinajstić information content (AvgIpc) is 3.30. The molecule has 0 saturated carbocycles. The fourth-order valence-electron chi connectivity index (χ4n) is 5.79. The maximum atomic E-state index is 13.9. The zero-order valence-corrected chi connectivity index (χ0v) is 26.5. The molecule has 0 aliphatic rings. The summed E-state index contributed by atoms with van der Waals surface area (Å²) >= 11 is 0. The van der Waals surface area contributed by atoms with Crippen LogP contribution in [0.2, 0.25) is 0 Å². The third kappa shape index (κ3) is 5.58.